The van der Waals surface area contributed by atoms with E-state index in [1.165, 1.54) is 16.7 Å². The molecule has 52 heavy (non-hydrogen) atoms. The molecule has 1 fully saturated rings. The SMILES string of the molecule is CCCC(=O)OCN(CCCC1(C)N=C(C(=O)NC(Cc2ccc(O)cc2)CC(C)C(N)=O)CS1)C(=O)C(NC(=O)C1CCCCN1C)C(C)CC. The highest BCUT2D eigenvalue weighted by atomic mass is 32.2. The van der Waals surface area contributed by atoms with Gasteiger partial charge in [0, 0.05) is 30.7 Å². The fourth-order valence-corrected chi connectivity index (χ4v) is 7.64. The monoisotopic (exact) mass is 744 g/mol. The molecule has 0 spiro atoms. The number of carbonyl (C=O) groups excluding carboxylic acids is 5. The van der Waals surface area contributed by atoms with Crippen LogP contribution >= 0.6 is 11.8 Å². The number of likely N-dealkylation sites (N-methyl/N-ethyl adjacent to an activating group) is 1. The first-order valence-electron chi connectivity index (χ1n) is 18.7. The van der Waals surface area contributed by atoms with Gasteiger partial charge in [0.15, 0.2) is 6.73 Å². The highest BCUT2D eigenvalue weighted by Crippen LogP contribution is 2.37. The van der Waals surface area contributed by atoms with Crippen LogP contribution in [0, 0.1) is 11.8 Å². The molecule has 290 valence electrons. The Bertz CT molecular complexity index is 1410. The number of piperidine rings is 1. The lowest BCUT2D eigenvalue weighted by Gasteiger charge is -2.35. The van der Waals surface area contributed by atoms with Gasteiger partial charge >= 0.3 is 5.97 Å². The summed E-state index contributed by atoms with van der Waals surface area (Å²) in [6.45, 7) is 10.4. The minimum atomic E-state index is -0.769. The topological polar surface area (TPSA) is 184 Å². The molecule has 0 bridgehead atoms. The lowest BCUT2D eigenvalue weighted by molar-refractivity contribution is -0.155. The summed E-state index contributed by atoms with van der Waals surface area (Å²) < 4.78 is 5.51. The summed E-state index contributed by atoms with van der Waals surface area (Å²) >= 11 is 1.54. The van der Waals surface area contributed by atoms with Crippen LogP contribution in [0.15, 0.2) is 29.3 Å². The molecule has 0 aromatic heterocycles. The Hall–Kier alpha value is -3.65. The molecule has 6 atom stereocenters. The van der Waals surface area contributed by atoms with Crippen LogP contribution in [0.1, 0.15) is 98.0 Å². The van der Waals surface area contributed by atoms with E-state index < -0.39 is 22.7 Å². The van der Waals surface area contributed by atoms with Gasteiger partial charge < -0.3 is 31.1 Å². The van der Waals surface area contributed by atoms with Crippen molar-refractivity contribution in [3.63, 3.8) is 0 Å². The number of hydrogen-bond acceptors (Lipinski definition) is 10. The van der Waals surface area contributed by atoms with Crippen LogP contribution in [0.25, 0.3) is 0 Å². The predicted molar refractivity (Wildman–Crippen MR) is 203 cm³/mol. The van der Waals surface area contributed by atoms with Gasteiger partial charge in [-0.2, -0.15) is 0 Å². The number of aromatic hydroxyl groups is 1. The first kappa shape index (κ1) is 42.8. The van der Waals surface area contributed by atoms with Crippen molar-refractivity contribution < 1.29 is 33.8 Å². The number of phenolic OH excluding ortho intramolecular Hbond substituents is 1. The molecule has 2 aliphatic rings. The molecule has 4 amide bonds. The third-order valence-electron chi connectivity index (χ3n) is 10.1. The van der Waals surface area contributed by atoms with E-state index >= 15 is 0 Å². The van der Waals surface area contributed by atoms with Gasteiger partial charge in [-0.1, -0.05) is 52.7 Å². The van der Waals surface area contributed by atoms with E-state index in [-0.39, 0.29) is 67.1 Å². The summed E-state index contributed by atoms with van der Waals surface area (Å²) in [6.07, 6.45) is 6.14. The summed E-state index contributed by atoms with van der Waals surface area (Å²) in [5.74, 6) is -1.66. The normalized spacial score (nSPS) is 21.3. The van der Waals surface area contributed by atoms with Crippen molar-refractivity contribution in [3.8, 4) is 5.75 Å². The van der Waals surface area contributed by atoms with Crippen LogP contribution in [0.2, 0.25) is 0 Å². The van der Waals surface area contributed by atoms with Gasteiger partial charge in [-0.15, -0.1) is 11.8 Å². The van der Waals surface area contributed by atoms with Gasteiger partial charge in [-0.3, -0.25) is 33.9 Å². The molecule has 0 saturated carbocycles. The zero-order valence-electron chi connectivity index (χ0n) is 31.8. The zero-order chi connectivity index (χ0) is 38.4. The van der Waals surface area contributed by atoms with Crippen molar-refractivity contribution in [2.45, 2.75) is 122 Å². The van der Waals surface area contributed by atoms with E-state index in [4.69, 9.17) is 15.5 Å². The Balaban J connectivity index is 1.70. The molecule has 2 aliphatic heterocycles. The molecule has 1 aromatic rings. The number of benzene rings is 1. The fraction of sp³-hybridized carbons (Fsp3) is 0.684. The molecule has 1 saturated heterocycles. The number of esters is 1. The summed E-state index contributed by atoms with van der Waals surface area (Å²) in [6, 6.07) is 5.27. The van der Waals surface area contributed by atoms with Crippen LogP contribution in [-0.2, 0) is 35.1 Å². The van der Waals surface area contributed by atoms with E-state index in [1.807, 2.05) is 39.6 Å². The minimum Gasteiger partial charge on any atom is -0.508 e. The van der Waals surface area contributed by atoms with E-state index in [1.54, 1.807) is 31.2 Å². The van der Waals surface area contributed by atoms with Crippen LogP contribution in [0.3, 0.4) is 0 Å². The van der Waals surface area contributed by atoms with Gasteiger partial charge in [0.2, 0.25) is 17.7 Å². The number of rotatable bonds is 20. The molecule has 2 heterocycles. The minimum absolute atomic E-state index is 0.140. The summed E-state index contributed by atoms with van der Waals surface area (Å²) in [4.78, 5) is 72.9. The van der Waals surface area contributed by atoms with Crippen molar-refractivity contribution in [3.05, 3.63) is 29.8 Å². The van der Waals surface area contributed by atoms with E-state index in [0.717, 1.165) is 31.4 Å². The zero-order valence-corrected chi connectivity index (χ0v) is 32.6. The average Bonchev–Trinajstić information content (AvgIpc) is 3.51. The fourth-order valence-electron chi connectivity index (χ4n) is 6.54. The standard InChI is InChI=1S/C38H60N6O7S/c1-7-12-32(46)51-24-44(37(50)33(25(3)8-2)41-36(49)31-13-9-10-19-43(31)6)20-11-18-38(5)42-30(23-52-38)35(48)40-28(21-26(4)34(39)47)22-27-14-16-29(45)17-15-27/h14-17,25-26,28,31,33,45H,7-13,18-24H2,1-6H3,(H2,39,47)(H,40,48)(H,41,49). The number of nitrogens with one attached hydrogen (secondary N) is 2. The largest absolute Gasteiger partial charge is 0.508 e. The van der Waals surface area contributed by atoms with Crippen molar-refractivity contribution in [1.29, 1.82) is 0 Å². The maximum atomic E-state index is 14.1. The molecular weight excluding hydrogens is 685 g/mol. The van der Waals surface area contributed by atoms with Crippen molar-refractivity contribution in [2.75, 3.05) is 32.6 Å². The summed E-state index contributed by atoms with van der Waals surface area (Å²) in [5, 5.41) is 15.8. The third-order valence-corrected chi connectivity index (χ3v) is 11.4. The molecule has 1 aromatic carbocycles. The third kappa shape index (κ3) is 13.1. The van der Waals surface area contributed by atoms with Gasteiger partial charge in [0.05, 0.1) is 6.04 Å². The van der Waals surface area contributed by atoms with Crippen LogP contribution < -0.4 is 16.4 Å². The number of hydrogen-bond donors (Lipinski definition) is 4. The second-order valence-corrected chi connectivity index (χ2v) is 16.0. The second-order valence-electron chi connectivity index (χ2n) is 14.6. The molecule has 0 aliphatic carbocycles. The van der Waals surface area contributed by atoms with Crippen LogP contribution in [-0.4, -0.2) is 106 Å². The number of nitrogens with zero attached hydrogens (tertiary/aromatic N) is 3. The van der Waals surface area contributed by atoms with Crippen LogP contribution in [0.5, 0.6) is 5.75 Å². The molecule has 5 N–H and O–H groups in total. The Labute approximate surface area is 313 Å². The van der Waals surface area contributed by atoms with Gasteiger partial charge in [0.25, 0.3) is 5.91 Å². The van der Waals surface area contributed by atoms with Gasteiger partial charge in [-0.25, -0.2) is 0 Å². The summed E-state index contributed by atoms with van der Waals surface area (Å²) in [7, 11) is 1.93. The highest BCUT2D eigenvalue weighted by molar-refractivity contribution is 8.01. The maximum absolute atomic E-state index is 14.1. The smallest absolute Gasteiger partial charge is 0.307 e. The number of ether oxygens (including phenoxy) is 1. The van der Waals surface area contributed by atoms with E-state index in [2.05, 4.69) is 10.6 Å². The molecule has 3 rings (SSSR count). The number of aliphatic imine (C=N–C) groups is 1. The molecular formula is C38H60N6O7S. The quantitative estimate of drug-likeness (QED) is 0.114. The first-order valence-corrected chi connectivity index (χ1v) is 19.7. The number of phenols is 1. The number of amides is 4. The van der Waals surface area contributed by atoms with Gasteiger partial charge in [0.1, 0.15) is 22.4 Å². The number of thioether (sulfide) groups is 1. The van der Waals surface area contributed by atoms with E-state index in [9.17, 15) is 29.1 Å². The molecule has 14 heteroatoms. The maximum Gasteiger partial charge on any atom is 0.307 e. The van der Waals surface area contributed by atoms with E-state index in [0.29, 0.717) is 50.0 Å². The van der Waals surface area contributed by atoms with Gasteiger partial charge in [-0.05, 0) is 89.1 Å². The molecule has 0 radical (unpaired) electrons. The predicted octanol–water partition coefficient (Wildman–Crippen LogP) is 3.76. The van der Waals surface area contributed by atoms with Crippen molar-refractivity contribution >= 4 is 47.1 Å². The number of carbonyl (C=O) groups is 5. The van der Waals surface area contributed by atoms with Crippen LogP contribution in [0.4, 0.5) is 0 Å². The van der Waals surface area contributed by atoms with Crippen molar-refractivity contribution in [1.82, 2.24) is 20.4 Å². The number of likely N-dealkylation sites (tertiary alicyclic amines) is 1. The Morgan fingerprint density at radius 3 is 2.48 bits per heavy atom. The molecule has 13 nitrogen and oxygen atoms in total. The highest BCUT2D eigenvalue weighted by Gasteiger charge is 2.37. The Morgan fingerprint density at radius 2 is 1.85 bits per heavy atom. The number of nitrogens with two attached hydrogens (primary N) is 1. The number of primary amides is 1. The first-order chi connectivity index (χ1) is 24.7. The second kappa shape index (κ2) is 20.6. The summed E-state index contributed by atoms with van der Waals surface area (Å²) in [5.41, 5.74) is 6.82. The lowest BCUT2D eigenvalue weighted by atomic mass is 9.95. The Morgan fingerprint density at radius 1 is 1.13 bits per heavy atom. The Kier molecular flexibility index (Phi) is 16.9. The molecule has 6 unspecified atom stereocenters. The lowest BCUT2D eigenvalue weighted by Crippen LogP contribution is -2.57. The average molecular weight is 745 g/mol. The van der Waals surface area contributed by atoms with Crippen molar-refractivity contribution in [2.24, 2.45) is 22.6 Å².